The number of pyridine rings is 1. The number of aliphatic hydroxyl groups is 1. The van der Waals surface area contributed by atoms with E-state index in [4.69, 9.17) is 5.11 Å². The Morgan fingerprint density at radius 2 is 2.12 bits per heavy atom. The Kier molecular flexibility index (Phi) is 4.12. The summed E-state index contributed by atoms with van der Waals surface area (Å²) in [6.45, 7) is 1.84. The monoisotopic (exact) mass is 234 g/mol. The van der Waals surface area contributed by atoms with Crippen molar-refractivity contribution >= 4 is 5.82 Å². The minimum atomic E-state index is -4.36. The van der Waals surface area contributed by atoms with E-state index in [0.29, 0.717) is 12.2 Å². The van der Waals surface area contributed by atoms with E-state index in [1.807, 2.05) is 6.92 Å². The number of nitrogens with zero attached hydrogens (tertiary/aromatic N) is 1. The highest BCUT2D eigenvalue weighted by Crippen LogP contribution is 2.28. The molecular formula is C10H13F3N2O. The van der Waals surface area contributed by atoms with Gasteiger partial charge >= 0.3 is 6.18 Å². The molecule has 0 radical (unpaired) electrons. The van der Waals surface area contributed by atoms with Gasteiger partial charge in [0.1, 0.15) is 5.82 Å². The zero-order valence-corrected chi connectivity index (χ0v) is 8.75. The molecule has 16 heavy (non-hydrogen) atoms. The van der Waals surface area contributed by atoms with E-state index >= 15 is 0 Å². The second-order valence-corrected chi connectivity index (χ2v) is 3.49. The Hall–Kier alpha value is -1.30. The Labute approximate surface area is 91.3 Å². The number of halogens is 3. The van der Waals surface area contributed by atoms with Gasteiger partial charge < -0.3 is 10.4 Å². The zero-order valence-electron chi connectivity index (χ0n) is 8.75. The van der Waals surface area contributed by atoms with Crippen LogP contribution in [0.25, 0.3) is 0 Å². The first-order valence-corrected chi connectivity index (χ1v) is 4.84. The zero-order chi connectivity index (χ0) is 12.2. The topological polar surface area (TPSA) is 45.1 Å². The first-order chi connectivity index (χ1) is 7.43. The second-order valence-electron chi connectivity index (χ2n) is 3.49. The molecule has 1 unspecified atom stereocenters. The Morgan fingerprint density at radius 1 is 1.44 bits per heavy atom. The van der Waals surface area contributed by atoms with Crippen LogP contribution in [0.15, 0.2) is 18.3 Å². The van der Waals surface area contributed by atoms with Gasteiger partial charge in [-0.3, -0.25) is 0 Å². The molecule has 0 spiro atoms. The van der Waals surface area contributed by atoms with Crippen LogP contribution in [-0.4, -0.2) is 22.7 Å². The molecule has 0 saturated carbocycles. The normalized spacial score (nSPS) is 13.6. The third kappa shape index (κ3) is 3.69. The molecule has 3 nitrogen and oxygen atoms in total. The maximum Gasteiger partial charge on any atom is 0.417 e. The fraction of sp³-hybridized carbons (Fsp3) is 0.500. The van der Waals surface area contributed by atoms with Gasteiger partial charge in [-0.25, -0.2) is 4.98 Å². The lowest BCUT2D eigenvalue weighted by atomic mass is 10.2. The highest BCUT2D eigenvalue weighted by molar-refractivity contribution is 5.36. The number of alkyl halides is 3. The molecule has 0 aliphatic carbocycles. The summed E-state index contributed by atoms with van der Waals surface area (Å²) in [6.07, 6.45) is -3.06. The van der Waals surface area contributed by atoms with Gasteiger partial charge in [0.05, 0.1) is 5.56 Å². The van der Waals surface area contributed by atoms with Gasteiger partial charge in [-0.15, -0.1) is 0 Å². The average Bonchev–Trinajstić information content (AvgIpc) is 2.17. The maximum atomic E-state index is 12.2. The Bertz CT molecular complexity index is 324. The SMILES string of the molecule is CC(CCO)Nc1ccc(C(F)(F)F)cn1. The molecule has 0 amide bonds. The molecule has 2 N–H and O–H groups in total. The van der Waals surface area contributed by atoms with E-state index in [-0.39, 0.29) is 12.6 Å². The minimum Gasteiger partial charge on any atom is -0.396 e. The number of aliphatic hydroxyl groups excluding tert-OH is 1. The van der Waals surface area contributed by atoms with Crippen molar-refractivity contribution in [3.8, 4) is 0 Å². The molecule has 0 aliphatic heterocycles. The Morgan fingerprint density at radius 3 is 2.56 bits per heavy atom. The first kappa shape index (κ1) is 12.8. The van der Waals surface area contributed by atoms with E-state index in [9.17, 15) is 13.2 Å². The number of aromatic nitrogens is 1. The first-order valence-electron chi connectivity index (χ1n) is 4.84. The summed E-state index contributed by atoms with van der Waals surface area (Å²) >= 11 is 0. The van der Waals surface area contributed by atoms with Crippen LogP contribution in [0.5, 0.6) is 0 Å². The standard InChI is InChI=1S/C10H13F3N2O/c1-7(4-5-16)15-9-3-2-8(6-14-9)10(11,12)13/h2-3,6-7,16H,4-5H2,1H3,(H,14,15). The Balaban J connectivity index is 2.65. The summed E-state index contributed by atoms with van der Waals surface area (Å²) < 4.78 is 36.6. The summed E-state index contributed by atoms with van der Waals surface area (Å²) in [4.78, 5) is 3.65. The molecule has 90 valence electrons. The van der Waals surface area contributed by atoms with Crippen LogP contribution in [0.4, 0.5) is 19.0 Å². The van der Waals surface area contributed by atoms with Crippen molar-refractivity contribution in [2.75, 3.05) is 11.9 Å². The third-order valence-electron chi connectivity index (χ3n) is 2.05. The van der Waals surface area contributed by atoms with Crippen molar-refractivity contribution < 1.29 is 18.3 Å². The van der Waals surface area contributed by atoms with Gasteiger partial charge in [0.2, 0.25) is 0 Å². The number of rotatable bonds is 4. The van der Waals surface area contributed by atoms with Gasteiger partial charge in [-0.2, -0.15) is 13.2 Å². The lowest BCUT2D eigenvalue weighted by Crippen LogP contribution is -2.17. The van der Waals surface area contributed by atoms with Crippen LogP contribution in [-0.2, 0) is 6.18 Å². The van der Waals surface area contributed by atoms with E-state index in [1.54, 1.807) is 0 Å². The summed E-state index contributed by atoms with van der Waals surface area (Å²) in [5, 5.41) is 11.5. The fourth-order valence-electron chi connectivity index (χ4n) is 1.17. The molecule has 1 aromatic rings. The van der Waals surface area contributed by atoms with Crippen LogP contribution in [0.2, 0.25) is 0 Å². The highest BCUT2D eigenvalue weighted by atomic mass is 19.4. The van der Waals surface area contributed by atoms with Crippen molar-refractivity contribution in [2.24, 2.45) is 0 Å². The van der Waals surface area contributed by atoms with Crippen molar-refractivity contribution in [2.45, 2.75) is 25.6 Å². The summed E-state index contributed by atoms with van der Waals surface area (Å²) in [5.74, 6) is 0.369. The molecule has 0 saturated heterocycles. The van der Waals surface area contributed by atoms with E-state index in [0.717, 1.165) is 12.3 Å². The van der Waals surface area contributed by atoms with Crippen molar-refractivity contribution in [1.82, 2.24) is 4.98 Å². The predicted molar refractivity (Wildman–Crippen MR) is 54.0 cm³/mol. The summed E-state index contributed by atoms with van der Waals surface area (Å²) in [5.41, 5.74) is -0.770. The molecule has 1 atom stereocenters. The quantitative estimate of drug-likeness (QED) is 0.840. The predicted octanol–water partition coefficient (Wildman–Crippen LogP) is 2.28. The number of hydrogen-bond acceptors (Lipinski definition) is 3. The number of nitrogens with one attached hydrogen (secondary N) is 1. The summed E-state index contributed by atoms with van der Waals surface area (Å²) in [6, 6.07) is 2.21. The largest absolute Gasteiger partial charge is 0.417 e. The van der Waals surface area contributed by atoms with E-state index < -0.39 is 11.7 Å². The maximum absolute atomic E-state index is 12.2. The van der Waals surface area contributed by atoms with Crippen molar-refractivity contribution in [3.05, 3.63) is 23.9 Å². The molecule has 0 fully saturated rings. The molecular weight excluding hydrogens is 221 g/mol. The van der Waals surface area contributed by atoms with E-state index in [1.165, 1.54) is 6.07 Å². The van der Waals surface area contributed by atoms with Crippen molar-refractivity contribution in [1.29, 1.82) is 0 Å². The lowest BCUT2D eigenvalue weighted by Gasteiger charge is -2.13. The van der Waals surface area contributed by atoms with Gasteiger partial charge in [-0.1, -0.05) is 0 Å². The molecule has 6 heteroatoms. The minimum absolute atomic E-state index is 0.0226. The molecule has 0 aromatic carbocycles. The molecule has 0 bridgehead atoms. The van der Waals surface area contributed by atoms with E-state index in [2.05, 4.69) is 10.3 Å². The van der Waals surface area contributed by atoms with Crippen LogP contribution in [0.1, 0.15) is 18.9 Å². The fourth-order valence-corrected chi connectivity index (χ4v) is 1.17. The molecule has 1 heterocycles. The van der Waals surface area contributed by atoms with Gasteiger partial charge in [0.25, 0.3) is 0 Å². The van der Waals surface area contributed by atoms with Crippen molar-refractivity contribution in [3.63, 3.8) is 0 Å². The third-order valence-corrected chi connectivity index (χ3v) is 2.05. The highest BCUT2D eigenvalue weighted by Gasteiger charge is 2.30. The lowest BCUT2D eigenvalue weighted by molar-refractivity contribution is -0.137. The summed E-state index contributed by atoms with van der Waals surface area (Å²) in [7, 11) is 0. The van der Waals surface area contributed by atoms with Gasteiger partial charge in [-0.05, 0) is 25.5 Å². The molecule has 1 aromatic heterocycles. The van der Waals surface area contributed by atoms with Crippen LogP contribution in [0, 0.1) is 0 Å². The number of hydrogen-bond donors (Lipinski definition) is 2. The smallest absolute Gasteiger partial charge is 0.396 e. The van der Waals surface area contributed by atoms with Gasteiger partial charge in [0.15, 0.2) is 0 Å². The average molecular weight is 234 g/mol. The van der Waals surface area contributed by atoms with Crippen LogP contribution >= 0.6 is 0 Å². The van der Waals surface area contributed by atoms with Crippen LogP contribution < -0.4 is 5.32 Å². The van der Waals surface area contributed by atoms with Gasteiger partial charge in [0, 0.05) is 18.8 Å². The second kappa shape index (κ2) is 5.16. The number of anilines is 1. The molecule has 0 aliphatic rings. The van der Waals surface area contributed by atoms with Crippen LogP contribution in [0.3, 0.4) is 0 Å². The molecule has 1 rings (SSSR count).